The van der Waals surface area contributed by atoms with Gasteiger partial charge in [-0.3, -0.25) is 5.32 Å². The Morgan fingerprint density at radius 1 is 1.75 bits per heavy atom. The van der Waals surface area contributed by atoms with Gasteiger partial charge in [0.25, 0.3) is 0 Å². The Morgan fingerprint density at radius 3 is 3.25 bits per heavy atom. The Balaban J connectivity index is 2.45. The standard InChI is InChI=1S/C6H9N5O/c1-11-4(7)3-5(9-2-8-3)10-6(11)12/h2,4H,7H2,1H3,(H,8,9)(H,10,12). The first-order valence-electron chi connectivity index (χ1n) is 3.53. The van der Waals surface area contributed by atoms with Gasteiger partial charge < -0.3 is 15.6 Å². The summed E-state index contributed by atoms with van der Waals surface area (Å²) in [7, 11) is 1.63. The summed E-state index contributed by atoms with van der Waals surface area (Å²) in [5.74, 6) is 0.519. The average Bonchev–Trinajstić information content (AvgIpc) is 2.48. The normalized spacial score (nSPS) is 22.0. The number of carbonyl (C=O) groups excluding carboxylic acids is 1. The molecule has 4 N–H and O–H groups in total. The van der Waals surface area contributed by atoms with E-state index >= 15 is 0 Å². The molecule has 1 aromatic rings. The number of carbonyl (C=O) groups is 1. The van der Waals surface area contributed by atoms with E-state index < -0.39 is 6.17 Å². The number of fused-ring (bicyclic) bond motifs is 1. The fourth-order valence-electron chi connectivity index (χ4n) is 1.14. The quantitative estimate of drug-likeness (QED) is 0.502. The molecule has 64 valence electrons. The second kappa shape index (κ2) is 2.21. The van der Waals surface area contributed by atoms with Crippen molar-refractivity contribution >= 4 is 11.8 Å². The molecule has 1 aromatic heterocycles. The second-order valence-electron chi connectivity index (χ2n) is 2.65. The van der Waals surface area contributed by atoms with Crippen molar-refractivity contribution in [2.45, 2.75) is 6.17 Å². The number of nitrogens with two attached hydrogens (primary N) is 1. The number of aromatic amines is 1. The first-order valence-corrected chi connectivity index (χ1v) is 3.53. The smallest absolute Gasteiger partial charge is 0.324 e. The molecule has 2 rings (SSSR count). The molecular weight excluding hydrogens is 158 g/mol. The van der Waals surface area contributed by atoms with E-state index in [2.05, 4.69) is 15.3 Å². The largest absolute Gasteiger partial charge is 0.344 e. The summed E-state index contributed by atoms with van der Waals surface area (Å²) in [4.78, 5) is 19.3. The second-order valence-corrected chi connectivity index (χ2v) is 2.65. The molecule has 0 fully saturated rings. The van der Waals surface area contributed by atoms with Gasteiger partial charge in [0.15, 0.2) is 5.82 Å². The topological polar surface area (TPSA) is 87.0 Å². The van der Waals surface area contributed by atoms with Crippen LogP contribution in [0.5, 0.6) is 0 Å². The zero-order valence-corrected chi connectivity index (χ0v) is 6.53. The average molecular weight is 167 g/mol. The van der Waals surface area contributed by atoms with E-state index in [0.717, 1.165) is 5.69 Å². The number of nitrogens with zero attached hydrogens (tertiary/aromatic N) is 2. The molecule has 6 heteroatoms. The molecular formula is C6H9N5O. The highest BCUT2D eigenvalue weighted by atomic mass is 16.2. The minimum Gasteiger partial charge on any atom is -0.344 e. The zero-order chi connectivity index (χ0) is 8.72. The fraction of sp³-hybridized carbons (Fsp3) is 0.333. The number of aromatic nitrogens is 2. The zero-order valence-electron chi connectivity index (χ0n) is 6.53. The van der Waals surface area contributed by atoms with Crippen LogP contribution in [0.1, 0.15) is 11.9 Å². The molecule has 1 aliphatic rings. The first kappa shape index (κ1) is 7.11. The summed E-state index contributed by atoms with van der Waals surface area (Å²) in [5, 5.41) is 2.58. The van der Waals surface area contributed by atoms with E-state index in [9.17, 15) is 4.79 Å². The molecule has 0 saturated heterocycles. The van der Waals surface area contributed by atoms with E-state index in [1.165, 1.54) is 11.2 Å². The maximum atomic E-state index is 11.1. The highest BCUT2D eigenvalue weighted by molar-refractivity contribution is 5.91. The Hall–Kier alpha value is -1.56. The SMILES string of the molecule is CN1C(=O)Nc2nc[nH]c2C1N. The van der Waals surface area contributed by atoms with Crippen LogP contribution >= 0.6 is 0 Å². The van der Waals surface area contributed by atoms with Crippen molar-refractivity contribution in [3.63, 3.8) is 0 Å². The lowest BCUT2D eigenvalue weighted by molar-refractivity contribution is 0.201. The van der Waals surface area contributed by atoms with Gasteiger partial charge in [0.2, 0.25) is 0 Å². The molecule has 1 atom stereocenters. The van der Waals surface area contributed by atoms with Gasteiger partial charge in [-0.15, -0.1) is 0 Å². The number of amides is 2. The van der Waals surface area contributed by atoms with Crippen LogP contribution in [0.25, 0.3) is 0 Å². The van der Waals surface area contributed by atoms with Crippen molar-refractivity contribution < 1.29 is 4.79 Å². The summed E-state index contributed by atoms with van der Waals surface area (Å²) >= 11 is 0. The van der Waals surface area contributed by atoms with E-state index in [0.29, 0.717) is 5.82 Å². The van der Waals surface area contributed by atoms with Crippen LogP contribution in [0, 0.1) is 0 Å². The molecule has 2 amide bonds. The first-order chi connectivity index (χ1) is 5.70. The fourth-order valence-corrected chi connectivity index (χ4v) is 1.14. The number of hydrogen-bond acceptors (Lipinski definition) is 3. The molecule has 0 spiro atoms. The Morgan fingerprint density at radius 2 is 2.50 bits per heavy atom. The third kappa shape index (κ3) is 0.782. The lowest BCUT2D eigenvalue weighted by atomic mass is 10.3. The molecule has 0 radical (unpaired) electrons. The number of anilines is 1. The monoisotopic (exact) mass is 167 g/mol. The van der Waals surface area contributed by atoms with Gasteiger partial charge in [0.05, 0.1) is 12.0 Å². The van der Waals surface area contributed by atoms with Crippen LogP contribution in [0.4, 0.5) is 10.6 Å². The third-order valence-corrected chi connectivity index (χ3v) is 1.93. The van der Waals surface area contributed by atoms with Gasteiger partial charge in [-0.1, -0.05) is 0 Å². The molecule has 12 heavy (non-hydrogen) atoms. The molecule has 0 aromatic carbocycles. The maximum Gasteiger partial charge on any atom is 0.324 e. The van der Waals surface area contributed by atoms with Crippen molar-refractivity contribution in [2.75, 3.05) is 12.4 Å². The van der Waals surface area contributed by atoms with Gasteiger partial charge in [-0.05, 0) is 0 Å². The van der Waals surface area contributed by atoms with Gasteiger partial charge in [0, 0.05) is 7.05 Å². The number of hydrogen-bond donors (Lipinski definition) is 3. The number of nitrogens with one attached hydrogen (secondary N) is 2. The van der Waals surface area contributed by atoms with Crippen molar-refractivity contribution in [1.82, 2.24) is 14.9 Å². The number of rotatable bonds is 0. The van der Waals surface area contributed by atoms with Crippen LogP contribution in [0.2, 0.25) is 0 Å². The van der Waals surface area contributed by atoms with E-state index in [1.54, 1.807) is 7.05 Å². The van der Waals surface area contributed by atoms with E-state index in [1.807, 2.05) is 0 Å². The minimum absolute atomic E-state index is 0.234. The summed E-state index contributed by atoms with van der Waals surface area (Å²) in [6.07, 6.45) is 1.07. The predicted octanol–water partition coefficient (Wildman–Crippen LogP) is -0.156. The van der Waals surface area contributed by atoms with Gasteiger partial charge in [-0.25, -0.2) is 9.78 Å². The third-order valence-electron chi connectivity index (χ3n) is 1.93. The number of urea groups is 1. The highest BCUT2D eigenvalue weighted by Gasteiger charge is 2.28. The van der Waals surface area contributed by atoms with Crippen molar-refractivity contribution in [3.05, 3.63) is 12.0 Å². The number of imidazole rings is 1. The van der Waals surface area contributed by atoms with Crippen LogP contribution < -0.4 is 11.1 Å². The van der Waals surface area contributed by atoms with Crippen LogP contribution in [0.15, 0.2) is 6.33 Å². The molecule has 6 nitrogen and oxygen atoms in total. The van der Waals surface area contributed by atoms with Crippen molar-refractivity contribution in [1.29, 1.82) is 0 Å². The Kier molecular flexibility index (Phi) is 1.31. The van der Waals surface area contributed by atoms with Crippen LogP contribution in [-0.2, 0) is 0 Å². The maximum absolute atomic E-state index is 11.1. The van der Waals surface area contributed by atoms with Crippen LogP contribution in [0.3, 0.4) is 0 Å². The van der Waals surface area contributed by atoms with Gasteiger partial charge >= 0.3 is 6.03 Å². The predicted molar refractivity (Wildman–Crippen MR) is 42.3 cm³/mol. The summed E-state index contributed by atoms with van der Waals surface area (Å²) in [6, 6.07) is -0.234. The molecule has 0 saturated carbocycles. The minimum atomic E-state index is -0.434. The summed E-state index contributed by atoms with van der Waals surface area (Å²) in [6.45, 7) is 0. The van der Waals surface area contributed by atoms with E-state index in [-0.39, 0.29) is 6.03 Å². The highest BCUT2D eigenvalue weighted by Crippen LogP contribution is 2.24. The molecule has 1 aliphatic heterocycles. The Labute approximate surface area is 68.8 Å². The lowest BCUT2D eigenvalue weighted by Gasteiger charge is -2.28. The molecule has 0 aliphatic carbocycles. The van der Waals surface area contributed by atoms with E-state index in [4.69, 9.17) is 5.73 Å². The molecule has 0 bridgehead atoms. The number of H-pyrrole nitrogens is 1. The van der Waals surface area contributed by atoms with Crippen molar-refractivity contribution in [2.24, 2.45) is 5.73 Å². The van der Waals surface area contributed by atoms with Crippen LogP contribution in [-0.4, -0.2) is 27.9 Å². The van der Waals surface area contributed by atoms with Gasteiger partial charge in [0.1, 0.15) is 6.17 Å². The van der Waals surface area contributed by atoms with Crippen molar-refractivity contribution in [3.8, 4) is 0 Å². The van der Waals surface area contributed by atoms with Gasteiger partial charge in [-0.2, -0.15) is 0 Å². The summed E-state index contributed by atoms with van der Waals surface area (Å²) in [5.41, 5.74) is 6.45. The Bertz CT molecular complexity index is 319. The molecule has 2 heterocycles. The molecule has 1 unspecified atom stereocenters. The summed E-state index contributed by atoms with van der Waals surface area (Å²) < 4.78 is 0. The lowest BCUT2D eigenvalue weighted by Crippen LogP contribution is -2.43.